The molecule has 3 nitrogen and oxygen atoms in total. The van der Waals surface area contributed by atoms with E-state index in [0.29, 0.717) is 19.3 Å². The number of hydrogen-bond donors (Lipinski definition) is 1. The first-order chi connectivity index (χ1) is 10.3. The fourth-order valence-electron chi connectivity index (χ4n) is 2.59. The molecule has 0 aliphatic carbocycles. The molecule has 3 heteroatoms. The van der Waals surface area contributed by atoms with Gasteiger partial charge in [-0.15, -0.1) is 0 Å². The lowest BCUT2D eigenvalue weighted by Gasteiger charge is -2.26. The van der Waals surface area contributed by atoms with Crippen LogP contribution in [0.25, 0.3) is 0 Å². The van der Waals surface area contributed by atoms with Crippen molar-refractivity contribution in [2.75, 3.05) is 18.5 Å². The summed E-state index contributed by atoms with van der Waals surface area (Å²) in [6, 6.07) is 16.6. The molecule has 0 bridgehead atoms. The minimum absolute atomic E-state index is 0.503. The van der Waals surface area contributed by atoms with Crippen molar-refractivity contribution in [2.24, 2.45) is 0 Å². The Labute approximate surface area is 125 Å². The standard InChI is InChI=1S/C18H21NO2/c1-14-10-11-15-6-5-9-17(18(15)19-14)21-13-12-20-16-7-3-2-4-8-16/h2-9,14,19H,10-13H2,1H3. The summed E-state index contributed by atoms with van der Waals surface area (Å²) in [7, 11) is 0. The number of anilines is 1. The fraction of sp³-hybridized carbons (Fsp3) is 0.333. The minimum Gasteiger partial charge on any atom is -0.490 e. The molecule has 1 unspecified atom stereocenters. The molecule has 2 aromatic carbocycles. The molecule has 2 aromatic rings. The van der Waals surface area contributed by atoms with E-state index in [4.69, 9.17) is 9.47 Å². The summed E-state index contributed by atoms with van der Waals surface area (Å²) < 4.78 is 11.5. The zero-order chi connectivity index (χ0) is 14.5. The molecule has 21 heavy (non-hydrogen) atoms. The Hall–Kier alpha value is -2.16. The van der Waals surface area contributed by atoms with E-state index in [2.05, 4.69) is 24.4 Å². The van der Waals surface area contributed by atoms with Crippen molar-refractivity contribution in [3.63, 3.8) is 0 Å². The number of rotatable bonds is 5. The Kier molecular flexibility index (Phi) is 4.29. The molecule has 1 aliphatic rings. The lowest BCUT2D eigenvalue weighted by Crippen LogP contribution is -2.23. The highest BCUT2D eigenvalue weighted by atomic mass is 16.5. The lowest BCUT2D eigenvalue weighted by atomic mass is 9.98. The third kappa shape index (κ3) is 3.48. The number of hydrogen-bond acceptors (Lipinski definition) is 3. The van der Waals surface area contributed by atoms with Gasteiger partial charge in [0.25, 0.3) is 0 Å². The van der Waals surface area contributed by atoms with Gasteiger partial charge < -0.3 is 14.8 Å². The highest BCUT2D eigenvalue weighted by Crippen LogP contribution is 2.33. The molecule has 0 aromatic heterocycles. The number of benzene rings is 2. The molecule has 1 atom stereocenters. The number of ether oxygens (including phenoxy) is 2. The van der Waals surface area contributed by atoms with Gasteiger partial charge in [-0.3, -0.25) is 0 Å². The first-order valence-corrected chi connectivity index (χ1v) is 7.52. The first-order valence-electron chi connectivity index (χ1n) is 7.52. The molecule has 1 aliphatic heterocycles. The predicted molar refractivity (Wildman–Crippen MR) is 85.3 cm³/mol. The van der Waals surface area contributed by atoms with Gasteiger partial charge in [-0.2, -0.15) is 0 Å². The molecule has 3 rings (SSSR count). The third-order valence-electron chi connectivity index (χ3n) is 3.70. The van der Waals surface area contributed by atoms with E-state index >= 15 is 0 Å². The fourth-order valence-corrected chi connectivity index (χ4v) is 2.59. The molecule has 0 radical (unpaired) electrons. The van der Waals surface area contributed by atoms with Crippen molar-refractivity contribution in [3.05, 3.63) is 54.1 Å². The Morgan fingerprint density at radius 2 is 1.81 bits per heavy atom. The van der Waals surface area contributed by atoms with E-state index in [1.165, 1.54) is 12.0 Å². The molecular formula is C18H21NO2. The highest BCUT2D eigenvalue weighted by molar-refractivity contribution is 5.63. The van der Waals surface area contributed by atoms with Gasteiger partial charge >= 0.3 is 0 Å². The monoisotopic (exact) mass is 283 g/mol. The second-order valence-electron chi connectivity index (χ2n) is 5.38. The molecule has 0 saturated carbocycles. The van der Waals surface area contributed by atoms with E-state index in [1.54, 1.807) is 0 Å². The molecule has 0 amide bonds. The van der Waals surface area contributed by atoms with E-state index in [1.807, 2.05) is 36.4 Å². The SMILES string of the molecule is CC1CCc2cccc(OCCOc3ccccc3)c2N1. The van der Waals surface area contributed by atoms with Crippen LogP contribution in [0.4, 0.5) is 5.69 Å². The Morgan fingerprint density at radius 3 is 2.67 bits per heavy atom. The van der Waals surface area contributed by atoms with Crippen LogP contribution in [0.3, 0.4) is 0 Å². The second kappa shape index (κ2) is 6.53. The Morgan fingerprint density at radius 1 is 1.00 bits per heavy atom. The summed E-state index contributed by atoms with van der Waals surface area (Å²) in [5, 5.41) is 3.52. The Bertz CT molecular complexity index is 583. The molecule has 0 saturated heterocycles. The van der Waals surface area contributed by atoms with Gasteiger partial charge in [0, 0.05) is 6.04 Å². The topological polar surface area (TPSA) is 30.5 Å². The smallest absolute Gasteiger partial charge is 0.142 e. The number of para-hydroxylation sites is 2. The van der Waals surface area contributed by atoms with Crippen molar-refractivity contribution in [3.8, 4) is 11.5 Å². The zero-order valence-electron chi connectivity index (χ0n) is 12.3. The van der Waals surface area contributed by atoms with Crippen molar-refractivity contribution in [1.29, 1.82) is 0 Å². The van der Waals surface area contributed by atoms with Crippen LogP contribution in [-0.4, -0.2) is 19.3 Å². The maximum atomic E-state index is 5.89. The second-order valence-corrected chi connectivity index (χ2v) is 5.38. The van der Waals surface area contributed by atoms with Crippen LogP contribution in [-0.2, 0) is 6.42 Å². The van der Waals surface area contributed by atoms with E-state index in [-0.39, 0.29) is 0 Å². The summed E-state index contributed by atoms with van der Waals surface area (Å²) in [6.45, 7) is 3.29. The van der Waals surface area contributed by atoms with E-state index in [0.717, 1.165) is 23.6 Å². The minimum atomic E-state index is 0.503. The van der Waals surface area contributed by atoms with Gasteiger partial charge in [-0.05, 0) is 43.5 Å². The van der Waals surface area contributed by atoms with Gasteiger partial charge in [0.1, 0.15) is 24.7 Å². The molecule has 0 fully saturated rings. The van der Waals surface area contributed by atoms with E-state index in [9.17, 15) is 0 Å². The van der Waals surface area contributed by atoms with Crippen LogP contribution in [0.15, 0.2) is 48.5 Å². The maximum absolute atomic E-state index is 5.89. The van der Waals surface area contributed by atoms with Crippen LogP contribution in [0.2, 0.25) is 0 Å². The van der Waals surface area contributed by atoms with Crippen LogP contribution in [0, 0.1) is 0 Å². The van der Waals surface area contributed by atoms with Crippen molar-refractivity contribution in [1.82, 2.24) is 0 Å². The quantitative estimate of drug-likeness (QED) is 0.844. The number of aryl methyl sites for hydroxylation is 1. The molecular weight excluding hydrogens is 262 g/mol. The average molecular weight is 283 g/mol. The molecule has 1 N–H and O–H groups in total. The number of fused-ring (bicyclic) bond motifs is 1. The van der Waals surface area contributed by atoms with Gasteiger partial charge in [0.05, 0.1) is 5.69 Å². The van der Waals surface area contributed by atoms with Gasteiger partial charge in [0.15, 0.2) is 0 Å². The van der Waals surface area contributed by atoms with Crippen LogP contribution in [0.5, 0.6) is 11.5 Å². The van der Waals surface area contributed by atoms with Gasteiger partial charge in [-0.1, -0.05) is 30.3 Å². The summed E-state index contributed by atoms with van der Waals surface area (Å²) in [6.07, 6.45) is 2.29. The van der Waals surface area contributed by atoms with Gasteiger partial charge in [-0.25, -0.2) is 0 Å². The predicted octanol–water partition coefficient (Wildman–Crippen LogP) is 3.89. The Balaban J connectivity index is 1.56. The zero-order valence-corrected chi connectivity index (χ0v) is 12.3. The lowest BCUT2D eigenvalue weighted by molar-refractivity contribution is 0.217. The third-order valence-corrected chi connectivity index (χ3v) is 3.70. The molecule has 110 valence electrons. The van der Waals surface area contributed by atoms with Crippen LogP contribution < -0.4 is 14.8 Å². The maximum Gasteiger partial charge on any atom is 0.142 e. The van der Waals surface area contributed by atoms with Crippen LogP contribution >= 0.6 is 0 Å². The summed E-state index contributed by atoms with van der Waals surface area (Å²) in [5.74, 6) is 1.80. The number of nitrogens with one attached hydrogen (secondary N) is 1. The summed E-state index contributed by atoms with van der Waals surface area (Å²) >= 11 is 0. The largest absolute Gasteiger partial charge is 0.490 e. The summed E-state index contributed by atoms with van der Waals surface area (Å²) in [4.78, 5) is 0. The first kappa shape index (κ1) is 13.8. The van der Waals surface area contributed by atoms with Crippen LogP contribution in [0.1, 0.15) is 18.9 Å². The highest BCUT2D eigenvalue weighted by Gasteiger charge is 2.17. The average Bonchev–Trinajstić information content (AvgIpc) is 2.53. The molecule has 0 spiro atoms. The van der Waals surface area contributed by atoms with E-state index < -0.39 is 0 Å². The molecule has 1 heterocycles. The van der Waals surface area contributed by atoms with Gasteiger partial charge in [0.2, 0.25) is 0 Å². The van der Waals surface area contributed by atoms with Crippen molar-refractivity contribution >= 4 is 5.69 Å². The summed E-state index contributed by atoms with van der Waals surface area (Å²) in [5.41, 5.74) is 2.49. The van der Waals surface area contributed by atoms with Crippen molar-refractivity contribution < 1.29 is 9.47 Å². The van der Waals surface area contributed by atoms with Crippen molar-refractivity contribution in [2.45, 2.75) is 25.8 Å². The normalized spacial score (nSPS) is 16.7.